The number of pyridine rings is 1. The summed E-state index contributed by atoms with van der Waals surface area (Å²) < 4.78 is 33.4. The summed E-state index contributed by atoms with van der Waals surface area (Å²) in [5, 5.41) is 14.7. The van der Waals surface area contributed by atoms with E-state index in [0.717, 1.165) is 5.92 Å². The second kappa shape index (κ2) is 10.8. The molecule has 1 unspecified atom stereocenters. The summed E-state index contributed by atoms with van der Waals surface area (Å²) in [6.07, 6.45) is 0.552. The molecular formula is C20H20F2IN6O2P. The Bertz CT molecular complexity index is 1160. The number of imidazole rings is 1. The summed E-state index contributed by atoms with van der Waals surface area (Å²) in [4.78, 5) is 19.1. The van der Waals surface area contributed by atoms with E-state index in [1.54, 1.807) is 18.2 Å². The Hall–Kier alpha value is -2.58. The van der Waals surface area contributed by atoms with Crippen LogP contribution < -0.4 is 15.4 Å². The quantitative estimate of drug-likeness (QED) is 0.212. The third kappa shape index (κ3) is 5.42. The largest absolute Gasteiger partial charge is 0.493 e. The molecule has 0 bridgehead atoms. The highest BCUT2D eigenvalue weighted by molar-refractivity contribution is 14.2. The number of anilines is 3. The molecule has 8 nitrogen and oxygen atoms in total. The zero-order valence-corrected chi connectivity index (χ0v) is 20.4. The van der Waals surface area contributed by atoms with Crippen molar-refractivity contribution in [2.24, 2.45) is 5.92 Å². The summed E-state index contributed by atoms with van der Waals surface area (Å²) in [5.41, 5.74) is 1.49. The van der Waals surface area contributed by atoms with Gasteiger partial charge in [0.25, 0.3) is 6.43 Å². The van der Waals surface area contributed by atoms with E-state index in [9.17, 15) is 18.8 Å². The minimum Gasteiger partial charge on any atom is -0.493 e. The summed E-state index contributed by atoms with van der Waals surface area (Å²) in [6, 6.07) is 8.41. The predicted octanol–water partition coefficient (Wildman–Crippen LogP) is 5.77. The number of hydrogen-bond acceptors (Lipinski definition) is 6. The van der Waals surface area contributed by atoms with E-state index in [0.29, 0.717) is 29.1 Å². The molecule has 168 valence electrons. The highest BCUT2D eigenvalue weighted by Crippen LogP contribution is 2.39. The molecule has 12 heteroatoms. The molecule has 2 heterocycles. The van der Waals surface area contributed by atoms with Gasteiger partial charge in [-0.15, -0.1) is 0 Å². The Morgan fingerprint density at radius 1 is 1.38 bits per heavy atom. The van der Waals surface area contributed by atoms with Crippen LogP contribution in [0.4, 0.5) is 26.0 Å². The first-order chi connectivity index (χ1) is 15.4. The fraction of sp³-hybridized carbons (Fsp3) is 0.300. The molecule has 0 saturated heterocycles. The topological polar surface area (TPSA) is 105 Å². The zero-order valence-electron chi connectivity index (χ0n) is 17.2. The number of carbonyl (C=O) groups excluding carboxylic acids is 1. The van der Waals surface area contributed by atoms with Crippen LogP contribution in [0.5, 0.6) is 5.75 Å². The number of carbonyl (C=O) groups is 1. The van der Waals surface area contributed by atoms with E-state index >= 15 is 0 Å². The van der Waals surface area contributed by atoms with Crippen LogP contribution in [0.25, 0.3) is 11.2 Å². The molecule has 2 aromatic heterocycles. The number of hydrogen-bond donors (Lipinski definition) is 2. The predicted molar refractivity (Wildman–Crippen MR) is 129 cm³/mol. The number of nitrogens with one attached hydrogen (secondary N) is 2. The summed E-state index contributed by atoms with van der Waals surface area (Å²) in [5.74, 6) is 1.13. The van der Waals surface area contributed by atoms with Crippen molar-refractivity contribution in [1.82, 2.24) is 14.3 Å². The van der Waals surface area contributed by atoms with Crippen LogP contribution in [0, 0.1) is 17.2 Å². The summed E-state index contributed by atoms with van der Waals surface area (Å²) in [7, 11) is 1.42. The van der Waals surface area contributed by atoms with Crippen molar-refractivity contribution in [3.05, 3.63) is 35.7 Å². The van der Waals surface area contributed by atoms with Crippen molar-refractivity contribution in [3.63, 3.8) is 0 Å². The lowest BCUT2D eigenvalue weighted by Crippen LogP contribution is -2.02. The Balaban J connectivity index is 0.000000650. The maximum absolute atomic E-state index is 13.4. The number of para-hydroxylation sites is 1. The molecule has 1 fully saturated rings. The number of alkyl halides is 2. The van der Waals surface area contributed by atoms with E-state index < -0.39 is 12.2 Å². The van der Waals surface area contributed by atoms with Gasteiger partial charge in [-0.25, -0.2) is 18.7 Å². The number of nitriles is 1. The molecule has 1 amide bonds. The Labute approximate surface area is 198 Å². The van der Waals surface area contributed by atoms with Crippen molar-refractivity contribution in [2.45, 2.75) is 26.2 Å². The minimum atomic E-state index is -2.79. The van der Waals surface area contributed by atoms with Crippen LogP contribution in [0.2, 0.25) is 0 Å². The van der Waals surface area contributed by atoms with Crippen LogP contribution in [-0.4, -0.2) is 27.8 Å². The first-order valence-corrected chi connectivity index (χ1v) is 13.6. The number of nitrogens with zero attached hydrogens (tertiary/aromatic N) is 4. The molecule has 0 radical (unpaired) electrons. The SMILES string of the molecule is CC1CC1.COc1c(C#N)cccc1Nc1cc(NC=O)nc2c1nc(C(F)F)n2PI. The van der Waals surface area contributed by atoms with Gasteiger partial charge in [0.1, 0.15) is 17.4 Å². The first-order valence-electron chi connectivity index (χ1n) is 9.55. The number of fused-ring (bicyclic) bond motifs is 1. The van der Waals surface area contributed by atoms with Gasteiger partial charge in [0.2, 0.25) is 6.41 Å². The zero-order chi connectivity index (χ0) is 23.3. The molecule has 3 aromatic rings. The van der Waals surface area contributed by atoms with Gasteiger partial charge < -0.3 is 15.4 Å². The maximum atomic E-state index is 13.4. The van der Waals surface area contributed by atoms with Gasteiger partial charge in [0, 0.05) is 6.07 Å². The standard InChI is InChI=1S/C16H12F2IN6O2P.C4H8/c1-27-13-8(6-20)3-2-4-9(13)22-10-5-11(21-7-26)23-15-12(10)24-16(14(17)18)25(15)28-19;1-4-2-3-4/h2-5,7,14,28H,1H3,(H2,21,22,23,26);4H,2-3H2,1H3. The highest BCUT2D eigenvalue weighted by atomic mass is 127. The fourth-order valence-corrected chi connectivity index (χ4v) is 4.68. The van der Waals surface area contributed by atoms with Crippen LogP contribution in [-0.2, 0) is 4.79 Å². The lowest BCUT2D eigenvalue weighted by molar-refractivity contribution is -0.105. The van der Waals surface area contributed by atoms with Gasteiger partial charge in [0.15, 0.2) is 17.2 Å². The minimum absolute atomic E-state index is 0.0717. The number of aromatic nitrogens is 3. The van der Waals surface area contributed by atoms with Gasteiger partial charge in [0.05, 0.1) is 30.4 Å². The number of halogens is 3. The third-order valence-corrected chi connectivity index (χ3v) is 6.66. The van der Waals surface area contributed by atoms with Crippen LogP contribution >= 0.6 is 28.4 Å². The van der Waals surface area contributed by atoms with E-state index in [2.05, 4.69) is 27.5 Å². The maximum Gasteiger partial charge on any atom is 0.295 e. The first kappa shape index (κ1) is 24.1. The number of rotatable bonds is 7. The second-order valence-electron chi connectivity index (χ2n) is 6.99. The Morgan fingerprint density at radius 3 is 2.62 bits per heavy atom. The molecule has 1 aliphatic rings. The molecule has 0 aliphatic heterocycles. The number of methoxy groups -OCH3 is 1. The van der Waals surface area contributed by atoms with Crippen molar-refractivity contribution >= 4 is 63.2 Å². The smallest absolute Gasteiger partial charge is 0.295 e. The molecule has 2 N–H and O–H groups in total. The van der Waals surface area contributed by atoms with Crippen molar-refractivity contribution in [1.29, 1.82) is 5.26 Å². The fourth-order valence-electron chi connectivity index (χ4n) is 2.78. The normalized spacial score (nSPS) is 13.0. The molecular weight excluding hydrogens is 552 g/mol. The Kier molecular flexibility index (Phi) is 8.15. The number of ether oxygens (including phenoxy) is 1. The number of benzene rings is 1. The van der Waals surface area contributed by atoms with E-state index in [1.165, 1.54) is 30.4 Å². The van der Waals surface area contributed by atoms with Crippen molar-refractivity contribution in [3.8, 4) is 11.8 Å². The molecule has 32 heavy (non-hydrogen) atoms. The average molecular weight is 572 g/mol. The van der Waals surface area contributed by atoms with E-state index in [-0.39, 0.29) is 23.4 Å². The van der Waals surface area contributed by atoms with Gasteiger partial charge in [-0.3, -0.25) is 9.13 Å². The number of amides is 1. The molecule has 1 saturated carbocycles. The summed E-state index contributed by atoms with van der Waals surface area (Å²) >= 11 is 1.96. The van der Waals surface area contributed by atoms with Crippen LogP contribution in [0.3, 0.4) is 0 Å². The van der Waals surface area contributed by atoms with E-state index in [1.807, 2.05) is 28.1 Å². The van der Waals surface area contributed by atoms with Crippen molar-refractivity contribution in [2.75, 3.05) is 17.7 Å². The van der Waals surface area contributed by atoms with Gasteiger partial charge in [-0.2, -0.15) is 5.26 Å². The Morgan fingerprint density at radius 2 is 2.09 bits per heavy atom. The molecule has 4 rings (SSSR count). The van der Waals surface area contributed by atoms with Gasteiger partial charge in [-0.1, -0.05) is 25.8 Å². The van der Waals surface area contributed by atoms with Crippen molar-refractivity contribution < 1.29 is 18.3 Å². The molecule has 1 aromatic carbocycles. The summed E-state index contributed by atoms with van der Waals surface area (Å²) in [6.45, 7) is 2.28. The van der Waals surface area contributed by atoms with Gasteiger partial charge >= 0.3 is 0 Å². The molecule has 1 atom stereocenters. The van der Waals surface area contributed by atoms with Crippen LogP contribution in [0.1, 0.15) is 37.6 Å². The molecule has 1 aliphatic carbocycles. The lowest BCUT2D eigenvalue weighted by Gasteiger charge is -2.13. The second-order valence-corrected chi connectivity index (χ2v) is 9.05. The highest BCUT2D eigenvalue weighted by Gasteiger charge is 2.23. The van der Waals surface area contributed by atoms with Crippen LogP contribution in [0.15, 0.2) is 24.3 Å². The third-order valence-electron chi connectivity index (χ3n) is 4.60. The average Bonchev–Trinajstić information content (AvgIpc) is 3.47. The monoisotopic (exact) mass is 572 g/mol. The van der Waals surface area contributed by atoms with E-state index in [4.69, 9.17) is 4.74 Å². The lowest BCUT2D eigenvalue weighted by atomic mass is 10.2. The molecule has 0 spiro atoms. The van der Waals surface area contributed by atoms with Gasteiger partial charge in [-0.05, 0) is 40.1 Å².